The minimum atomic E-state index is -4.64. The van der Waals surface area contributed by atoms with Crippen LogP contribution in [0.4, 0.5) is 0 Å². The van der Waals surface area contributed by atoms with Crippen LogP contribution in [0, 0.1) is 0 Å². The van der Waals surface area contributed by atoms with Gasteiger partial charge in [-0.2, -0.15) is 4.31 Å². The lowest BCUT2D eigenvalue weighted by atomic mass is 10.9. The van der Waals surface area contributed by atoms with Crippen molar-refractivity contribution < 1.29 is 35.8 Å². The van der Waals surface area contributed by atoms with E-state index in [0.717, 1.165) is 0 Å². The second kappa shape index (κ2) is 6.40. The smallest absolute Gasteiger partial charge is 0.302 e. The lowest BCUT2D eigenvalue weighted by molar-refractivity contribution is 0.190. The van der Waals surface area contributed by atoms with Crippen molar-refractivity contribution in [1.82, 2.24) is 4.49 Å². The largest absolute Gasteiger partial charge is 0.480 e. The Bertz CT molecular complexity index is 433. The zero-order valence-electron chi connectivity index (χ0n) is 9.52. The molecule has 0 aromatic carbocycles. The fraction of sp³-hybridized carbons (Fsp3) is 1.00. The molecule has 0 fully saturated rings. The van der Waals surface area contributed by atoms with Crippen LogP contribution >= 0.6 is 15.6 Å². The highest BCUT2D eigenvalue weighted by Gasteiger charge is 2.38. The minimum Gasteiger partial charge on any atom is -0.302 e. The third-order valence-corrected chi connectivity index (χ3v) is 6.17. The molecular weight excluding hydrogens is 296 g/mol. The van der Waals surface area contributed by atoms with Crippen molar-refractivity contribution in [2.24, 2.45) is 0 Å². The van der Waals surface area contributed by atoms with E-state index in [1.54, 1.807) is 0 Å². The minimum absolute atomic E-state index is 0.182. The van der Waals surface area contributed by atoms with Crippen LogP contribution in [0.3, 0.4) is 0 Å². The van der Waals surface area contributed by atoms with Crippen LogP contribution in [-0.4, -0.2) is 32.8 Å². The average molecular weight is 311 g/mol. The molecule has 0 aromatic heterocycles. The third-order valence-electron chi connectivity index (χ3n) is 1.08. The molecule has 2 unspecified atom stereocenters. The van der Waals surface area contributed by atoms with Gasteiger partial charge in [-0.3, -0.25) is 9.05 Å². The van der Waals surface area contributed by atoms with Gasteiger partial charge in [0.25, 0.3) is 0 Å². The van der Waals surface area contributed by atoms with Gasteiger partial charge >= 0.3 is 15.6 Å². The van der Waals surface area contributed by atoms with Crippen molar-refractivity contribution >= 4 is 25.6 Å². The molecule has 0 aromatic rings. The Morgan fingerprint density at radius 1 is 1.18 bits per heavy atom. The monoisotopic (exact) mass is 311 g/mol. The molecule has 104 valence electrons. The van der Waals surface area contributed by atoms with E-state index >= 15 is 0 Å². The molecule has 0 heterocycles. The summed E-state index contributed by atoms with van der Waals surface area (Å²) in [5.41, 5.74) is 0. The van der Waals surface area contributed by atoms with E-state index in [-0.39, 0.29) is 13.2 Å². The first kappa shape index (κ1) is 17.2. The first-order chi connectivity index (χ1) is 7.54. The average Bonchev–Trinajstić information content (AvgIpc) is 1.96. The van der Waals surface area contributed by atoms with E-state index < -0.39 is 25.6 Å². The number of sulfonamides is 1. The van der Waals surface area contributed by atoms with E-state index in [4.69, 9.17) is 4.89 Å². The van der Waals surface area contributed by atoms with Gasteiger partial charge < -0.3 is 4.89 Å². The molecule has 0 saturated carbocycles. The Morgan fingerprint density at radius 2 is 1.65 bits per heavy atom. The number of phosphoric acid groups is 1. The maximum absolute atomic E-state index is 11.8. The summed E-state index contributed by atoms with van der Waals surface area (Å²) < 4.78 is 59.3. The summed E-state index contributed by atoms with van der Waals surface area (Å²) in [5, 5.41) is 0. The first-order valence-electron chi connectivity index (χ1n) is 4.46. The molecule has 12 heteroatoms. The van der Waals surface area contributed by atoms with Gasteiger partial charge in [-0.15, -0.1) is 4.49 Å². The topological polar surface area (TPSA) is 128 Å². The van der Waals surface area contributed by atoms with Crippen LogP contribution < -0.4 is 4.49 Å². The fourth-order valence-electron chi connectivity index (χ4n) is 0.762. The fourth-order valence-corrected chi connectivity index (χ4v) is 5.16. The Kier molecular flexibility index (Phi) is 6.48. The highest BCUT2D eigenvalue weighted by molar-refractivity contribution is 7.94. The molecule has 0 aliphatic heterocycles. The maximum Gasteiger partial charge on any atom is 0.480 e. The lowest BCUT2D eigenvalue weighted by Gasteiger charge is -2.19. The standard InChI is InChI=1S/C5H15NO8P2S/c1-4-12-15(7,6-17(3,10)11)14-16(8,9)13-5-2/h4-5H2,1-3H3,(H,6,7)(H,8,9). The van der Waals surface area contributed by atoms with Gasteiger partial charge in [-0.1, -0.05) is 0 Å². The van der Waals surface area contributed by atoms with Crippen molar-refractivity contribution in [1.29, 1.82) is 0 Å². The zero-order chi connectivity index (χ0) is 13.7. The predicted octanol–water partition coefficient (Wildman–Crippen LogP) is 0.834. The number of hydrogen-bond donors (Lipinski definition) is 2. The van der Waals surface area contributed by atoms with Gasteiger partial charge in [-0.05, 0) is 13.8 Å². The van der Waals surface area contributed by atoms with Crippen LogP contribution in [0.2, 0.25) is 0 Å². The van der Waals surface area contributed by atoms with Crippen molar-refractivity contribution in [2.75, 3.05) is 19.5 Å². The van der Waals surface area contributed by atoms with Gasteiger partial charge in [0.15, 0.2) is 0 Å². The number of phosphoric ester groups is 1. The normalized spacial score (nSPS) is 19.5. The first-order valence-corrected chi connectivity index (χ1v) is 9.39. The number of nitrogens with one attached hydrogen (secondary N) is 1. The zero-order valence-corrected chi connectivity index (χ0v) is 12.1. The van der Waals surface area contributed by atoms with Crippen LogP contribution in [0.5, 0.6) is 0 Å². The van der Waals surface area contributed by atoms with Gasteiger partial charge in [0, 0.05) is 0 Å². The van der Waals surface area contributed by atoms with Crippen LogP contribution in [0.1, 0.15) is 13.8 Å². The van der Waals surface area contributed by atoms with E-state index in [1.807, 2.05) is 0 Å². The molecule has 0 rings (SSSR count). The Morgan fingerprint density at radius 3 is 2.00 bits per heavy atom. The van der Waals surface area contributed by atoms with Crippen molar-refractivity contribution in [3.8, 4) is 0 Å². The van der Waals surface area contributed by atoms with Crippen molar-refractivity contribution in [3.05, 3.63) is 0 Å². The molecule has 2 atom stereocenters. The molecule has 0 radical (unpaired) electrons. The SMILES string of the molecule is CCOP(=O)(O)OP(=O)(NS(C)(=O)=O)OCC. The molecule has 17 heavy (non-hydrogen) atoms. The summed E-state index contributed by atoms with van der Waals surface area (Å²) in [4.78, 5) is 9.10. The molecule has 0 amide bonds. The number of hydrogen-bond acceptors (Lipinski definition) is 7. The van der Waals surface area contributed by atoms with Gasteiger partial charge in [-0.25, -0.2) is 17.5 Å². The second-order valence-corrected chi connectivity index (χ2v) is 8.12. The molecule has 0 spiro atoms. The molecule has 0 saturated heterocycles. The Balaban J connectivity index is 4.98. The summed E-state index contributed by atoms with van der Waals surface area (Å²) in [6.45, 7) is 2.44. The van der Waals surface area contributed by atoms with Crippen molar-refractivity contribution in [2.45, 2.75) is 13.8 Å². The van der Waals surface area contributed by atoms with Gasteiger partial charge in [0.05, 0.1) is 19.5 Å². The predicted molar refractivity (Wildman–Crippen MR) is 59.7 cm³/mol. The second-order valence-electron chi connectivity index (χ2n) is 2.75. The Hall–Kier alpha value is 0.210. The number of rotatable bonds is 8. The Labute approximate surface area is 99.7 Å². The van der Waals surface area contributed by atoms with E-state index in [9.17, 15) is 17.5 Å². The molecule has 2 N–H and O–H groups in total. The van der Waals surface area contributed by atoms with Gasteiger partial charge in [0.2, 0.25) is 10.0 Å². The van der Waals surface area contributed by atoms with Crippen LogP contribution in [0.15, 0.2) is 0 Å². The summed E-state index contributed by atoms with van der Waals surface area (Å²) in [7, 11) is -13.1. The van der Waals surface area contributed by atoms with Crippen LogP contribution in [0.25, 0.3) is 0 Å². The lowest BCUT2D eigenvalue weighted by Crippen LogP contribution is -2.21. The maximum atomic E-state index is 11.8. The molecular formula is C5H15NO8P2S. The van der Waals surface area contributed by atoms with E-state index in [2.05, 4.69) is 13.4 Å². The summed E-state index contributed by atoms with van der Waals surface area (Å²) in [5.74, 6) is 0. The van der Waals surface area contributed by atoms with E-state index in [1.165, 1.54) is 18.3 Å². The summed E-state index contributed by atoms with van der Waals surface area (Å²) in [6, 6.07) is 0. The summed E-state index contributed by atoms with van der Waals surface area (Å²) >= 11 is 0. The molecule has 0 aliphatic rings. The molecule has 0 bridgehead atoms. The highest BCUT2D eigenvalue weighted by atomic mass is 32.2. The van der Waals surface area contributed by atoms with Crippen molar-refractivity contribution in [3.63, 3.8) is 0 Å². The summed E-state index contributed by atoms with van der Waals surface area (Å²) in [6.07, 6.45) is 0.699. The van der Waals surface area contributed by atoms with E-state index in [0.29, 0.717) is 6.26 Å². The third kappa shape index (κ3) is 8.01. The quantitative estimate of drug-likeness (QED) is 0.631. The highest BCUT2D eigenvalue weighted by Crippen LogP contribution is 2.60. The van der Waals surface area contributed by atoms with Crippen LogP contribution in [-0.2, 0) is 32.5 Å². The van der Waals surface area contributed by atoms with Gasteiger partial charge in [0.1, 0.15) is 0 Å². The molecule has 9 nitrogen and oxygen atoms in total. The molecule has 0 aliphatic carbocycles.